The van der Waals surface area contributed by atoms with Crippen LogP contribution in [0.1, 0.15) is 13.8 Å². The molecule has 21 heavy (non-hydrogen) atoms. The second-order valence-corrected chi connectivity index (χ2v) is 3.94. The van der Waals surface area contributed by atoms with Crippen molar-refractivity contribution < 1.29 is 14.2 Å². The number of para-hydroxylation sites is 2. The SMILES string of the molecule is CCNc1nc(OCC)nc(Oc2ccccc2OC)n1. The molecule has 2 aromatic rings. The summed E-state index contributed by atoms with van der Waals surface area (Å²) in [5.41, 5.74) is 0. The second kappa shape index (κ2) is 7.28. The van der Waals surface area contributed by atoms with Gasteiger partial charge in [-0.3, -0.25) is 0 Å². The number of benzene rings is 1. The molecule has 7 nitrogen and oxygen atoms in total. The van der Waals surface area contributed by atoms with Gasteiger partial charge in [0.05, 0.1) is 13.7 Å². The Bertz CT molecular complexity index is 568. The van der Waals surface area contributed by atoms with Gasteiger partial charge in [-0.05, 0) is 26.0 Å². The summed E-state index contributed by atoms with van der Waals surface area (Å²) in [7, 11) is 1.57. The Morgan fingerprint density at radius 1 is 1.00 bits per heavy atom. The lowest BCUT2D eigenvalue weighted by Gasteiger charge is -2.10. The van der Waals surface area contributed by atoms with E-state index in [1.165, 1.54) is 0 Å². The molecule has 0 aliphatic carbocycles. The number of hydrogen-bond acceptors (Lipinski definition) is 7. The van der Waals surface area contributed by atoms with Gasteiger partial charge in [-0.25, -0.2) is 0 Å². The third-order valence-electron chi connectivity index (χ3n) is 2.47. The van der Waals surface area contributed by atoms with E-state index in [9.17, 15) is 0 Å². The van der Waals surface area contributed by atoms with Crippen LogP contribution in [0.2, 0.25) is 0 Å². The normalized spacial score (nSPS) is 10.0. The summed E-state index contributed by atoms with van der Waals surface area (Å²) in [6.45, 7) is 4.95. The Morgan fingerprint density at radius 3 is 2.38 bits per heavy atom. The molecule has 0 saturated heterocycles. The van der Waals surface area contributed by atoms with Gasteiger partial charge in [0.1, 0.15) is 0 Å². The largest absolute Gasteiger partial charge is 0.493 e. The van der Waals surface area contributed by atoms with Gasteiger partial charge in [-0.1, -0.05) is 12.1 Å². The van der Waals surface area contributed by atoms with E-state index in [0.29, 0.717) is 30.6 Å². The zero-order valence-corrected chi connectivity index (χ0v) is 12.3. The number of nitrogens with zero attached hydrogens (tertiary/aromatic N) is 3. The number of rotatable bonds is 7. The van der Waals surface area contributed by atoms with Gasteiger partial charge in [0, 0.05) is 6.54 Å². The van der Waals surface area contributed by atoms with Crippen molar-refractivity contribution in [2.45, 2.75) is 13.8 Å². The minimum Gasteiger partial charge on any atom is -0.493 e. The fourth-order valence-electron chi connectivity index (χ4n) is 1.62. The molecule has 0 spiro atoms. The molecule has 0 fully saturated rings. The molecule has 0 saturated carbocycles. The van der Waals surface area contributed by atoms with Gasteiger partial charge >= 0.3 is 12.0 Å². The quantitative estimate of drug-likeness (QED) is 0.839. The zero-order valence-electron chi connectivity index (χ0n) is 12.3. The van der Waals surface area contributed by atoms with Gasteiger partial charge in [-0.15, -0.1) is 4.98 Å². The molecule has 0 aliphatic rings. The number of ether oxygens (including phenoxy) is 3. The first kappa shape index (κ1) is 14.8. The monoisotopic (exact) mass is 290 g/mol. The Kier molecular flexibility index (Phi) is 5.14. The molecule has 0 bridgehead atoms. The van der Waals surface area contributed by atoms with Crippen molar-refractivity contribution in [1.29, 1.82) is 0 Å². The summed E-state index contributed by atoms with van der Waals surface area (Å²) < 4.78 is 16.2. The predicted octanol–water partition coefficient (Wildman–Crippen LogP) is 2.50. The molecule has 0 aliphatic heterocycles. The van der Waals surface area contributed by atoms with Crippen LogP contribution >= 0.6 is 0 Å². The lowest BCUT2D eigenvalue weighted by atomic mass is 10.3. The first-order chi connectivity index (χ1) is 10.3. The van der Waals surface area contributed by atoms with E-state index < -0.39 is 0 Å². The lowest BCUT2D eigenvalue weighted by Crippen LogP contribution is -2.07. The molecule has 0 amide bonds. The third kappa shape index (κ3) is 3.95. The average Bonchev–Trinajstić information content (AvgIpc) is 2.48. The van der Waals surface area contributed by atoms with E-state index in [1.807, 2.05) is 26.0 Å². The predicted molar refractivity (Wildman–Crippen MR) is 78.2 cm³/mol. The van der Waals surface area contributed by atoms with Crippen molar-refractivity contribution in [2.24, 2.45) is 0 Å². The van der Waals surface area contributed by atoms with Gasteiger partial charge in [-0.2, -0.15) is 9.97 Å². The Balaban J connectivity index is 2.29. The minimum absolute atomic E-state index is 0.147. The number of anilines is 1. The summed E-state index contributed by atoms with van der Waals surface area (Å²) in [5, 5.41) is 3.01. The average molecular weight is 290 g/mol. The molecule has 1 heterocycles. The van der Waals surface area contributed by atoms with Crippen LogP contribution in [0.5, 0.6) is 23.5 Å². The number of hydrogen-bond donors (Lipinski definition) is 1. The maximum Gasteiger partial charge on any atom is 0.330 e. The van der Waals surface area contributed by atoms with E-state index in [0.717, 1.165) is 0 Å². The van der Waals surface area contributed by atoms with E-state index >= 15 is 0 Å². The van der Waals surface area contributed by atoms with Crippen LogP contribution in [0.15, 0.2) is 24.3 Å². The van der Waals surface area contributed by atoms with Crippen molar-refractivity contribution in [3.05, 3.63) is 24.3 Å². The van der Waals surface area contributed by atoms with Gasteiger partial charge in [0.15, 0.2) is 11.5 Å². The van der Waals surface area contributed by atoms with Crippen molar-refractivity contribution >= 4 is 5.95 Å². The van der Waals surface area contributed by atoms with Crippen molar-refractivity contribution in [3.63, 3.8) is 0 Å². The second-order valence-electron chi connectivity index (χ2n) is 3.94. The van der Waals surface area contributed by atoms with Crippen molar-refractivity contribution in [3.8, 4) is 23.5 Å². The van der Waals surface area contributed by atoms with Gasteiger partial charge < -0.3 is 19.5 Å². The molecule has 1 aromatic carbocycles. The highest BCUT2D eigenvalue weighted by atomic mass is 16.5. The number of methoxy groups -OCH3 is 1. The van der Waals surface area contributed by atoms with Crippen molar-refractivity contribution in [1.82, 2.24) is 15.0 Å². The maximum atomic E-state index is 5.67. The standard InChI is InChI=1S/C14H18N4O3/c1-4-15-12-16-13(20-5-2)18-14(17-12)21-11-9-7-6-8-10(11)19-3/h6-9H,4-5H2,1-3H3,(H,15,16,17,18). The first-order valence-electron chi connectivity index (χ1n) is 6.70. The molecule has 0 unspecified atom stereocenters. The van der Waals surface area contributed by atoms with Crippen LogP contribution in [0.25, 0.3) is 0 Å². The van der Waals surface area contributed by atoms with Gasteiger partial charge in [0.25, 0.3) is 0 Å². The molecule has 7 heteroatoms. The topological polar surface area (TPSA) is 78.4 Å². The molecule has 112 valence electrons. The number of nitrogens with one attached hydrogen (secondary N) is 1. The molecular formula is C14H18N4O3. The van der Waals surface area contributed by atoms with E-state index in [4.69, 9.17) is 14.2 Å². The third-order valence-corrected chi connectivity index (χ3v) is 2.47. The summed E-state index contributed by atoms with van der Waals surface area (Å²) in [5.74, 6) is 1.53. The lowest BCUT2D eigenvalue weighted by molar-refractivity contribution is 0.301. The fraction of sp³-hybridized carbons (Fsp3) is 0.357. The van der Waals surface area contributed by atoms with E-state index in [1.54, 1.807) is 19.2 Å². The van der Waals surface area contributed by atoms with Crippen LogP contribution in [-0.4, -0.2) is 35.2 Å². The fourth-order valence-corrected chi connectivity index (χ4v) is 1.62. The van der Waals surface area contributed by atoms with Crippen LogP contribution < -0.4 is 19.5 Å². The molecule has 1 N–H and O–H groups in total. The maximum absolute atomic E-state index is 5.67. The molecule has 2 rings (SSSR count). The van der Waals surface area contributed by atoms with Crippen LogP contribution in [0, 0.1) is 0 Å². The molecule has 0 atom stereocenters. The highest BCUT2D eigenvalue weighted by molar-refractivity contribution is 5.41. The molecule has 1 aromatic heterocycles. The van der Waals surface area contributed by atoms with E-state index in [-0.39, 0.29) is 12.0 Å². The van der Waals surface area contributed by atoms with Crippen LogP contribution in [0.4, 0.5) is 5.95 Å². The highest BCUT2D eigenvalue weighted by Gasteiger charge is 2.11. The smallest absolute Gasteiger partial charge is 0.330 e. The van der Waals surface area contributed by atoms with Crippen molar-refractivity contribution in [2.75, 3.05) is 25.6 Å². The first-order valence-corrected chi connectivity index (χ1v) is 6.70. The van der Waals surface area contributed by atoms with Gasteiger partial charge in [0.2, 0.25) is 5.95 Å². The van der Waals surface area contributed by atoms with Crippen LogP contribution in [0.3, 0.4) is 0 Å². The molecular weight excluding hydrogens is 272 g/mol. The molecule has 0 radical (unpaired) electrons. The minimum atomic E-state index is 0.147. The zero-order chi connectivity index (χ0) is 15.1. The summed E-state index contributed by atoms with van der Waals surface area (Å²) in [6.07, 6.45) is 0. The number of aromatic nitrogens is 3. The van der Waals surface area contributed by atoms with E-state index in [2.05, 4.69) is 20.3 Å². The summed E-state index contributed by atoms with van der Waals surface area (Å²) in [6, 6.07) is 7.63. The summed E-state index contributed by atoms with van der Waals surface area (Å²) >= 11 is 0. The highest BCUT2D eigenvalue weighted by Crippen LogP contribution is 2.29. The summed E-state index contributed by atoms with van der Waals surface area (Å²) in [4.78, 5) is 12.4. The van der Waals surface area contributed by atoms with Crippen LogP contribution in [-0.2, 0) is 0 Å². The Hall–Kier alpha value is -2.57. The Morgan fingerprint density at radius 2 is 1.71 bits per heavy atom. The Labute approximate surface area is 123 Å².